The molecular weight excluding hydrogens is 294 g/mol. The van der Waals surface area contributed by atoms with Crippen LogP contribution in [0.1, 0.15) is 23.7 Å². The number of fused-ring (bicyclic) bond motifs is 1. The van der Waals surface area contributed by atoms with E-state index in [4.69, 9.17) is 9.15 Å². The smallest absolute Gasteiger partial charge is 0.308 e. The highest BCUT2D eigenvalue weighted by Gasteiger charge is 2.15. The zero-order chi connectivity index (χ0) is 14.7. The number of Topliss-reactive ketones (excluding diaryl/α,β-unsaturated/α-hetero) is 1. The van der Waals surface area contributed by atoms with Crippen LogP contribution >= 0.6 is 12.4 Å². The number of ether oxygens (including phenoxy) is 1. The zero-order valence-electron chi connectivity index (χ0n) is 12.2. The van der Waals surface area contributed by atoms with E-state index < -0.39 is 5.97 Å². The number of hydrogen-bond donors (Lipinski definition) is 0. The lowest BCUT2D eigenvalue weighted by molar-refractivity contribution is -0.131. The number of benzene rings is 1. The quantitative estimate of drug-likeness (QED) is 0.483. The molecule has 1 aromatic carbocycles. The van der Waals surface area contributed by atoms with Gasteiger partial charge in [-0.1, -0.05) is 0 Å². The molecule has 2 rings (SSSR count). The fourth-order valence-electron chi connectivity index (χ4n) is 1.91. The van der Waals surface area contributed by atoms with Crippen LogP contribution in [0.3, 0.4) is 0 Å². The van der Waals surface area contributed by atoms with Gasteiger partial charge >= 0.3 is 5.97 Å². The number of rotatable bonds is 5. The molecule has 0 bridgehead atoms. The van der Waals surface area contributed by atoms with E-state index in [0.717, 1.165) is 0 Å². The number of nitrogens with zero attached hydrogens (tertiary/aromatic N) is 1. The number of hydrogen-bond acceptors (Lipinski definition) is 5. The third-order valence-corrected chi connectivity index (χ3v) is 2.89. The minimum atomic E-state index is -0.395. The Kier molecular flexibility index (Phi) is 5.93. The number of esters is 1. The second-order valence-corrected chi connectivity index (χ2v) is 4.88. The molecule has 0 unspecified atom stereocenters. The summed E-state index contributed by atoms with van der Waals surface area (Å²) in [6, 6.07) is 4.99. The minimum Gasteiger partial charge on any atom is -0.464 e. The molecule has 0 aliphatic carbocycles. The molecule has 2 aromatic rings. The zero-order valence-corrected chi connectivity index (χ0v) is 13.0. The number of carbonyl (C=O) groups excluding carboxylic acids is 2. The van der Waals surface area contributed by atoms with E-state index >= 15 is 0 Å². The van der Waals surface area contributed by atoms with Crippen molar-refractivity contribution < 1.29 is 18.7 Å². The van der Waals surface area contributed by atoms with Gasteiger partial charge in [-0.15, -0.1) is 12.4 Å². The van der Waals surface area contributed by atoms with E-state index in [1.807, 2.05) is 19.0 Å². The van der Waals surface area contributed by atoms with Gasteiger partial charge in [0.1, 0.15) is 17.6 Å². The SMILES string of the molecule is CC(=O)Oc1ccc2occ(C(=O)CCN(C)C)c2c1.Cl. The number of carbonyl (C=O) groups is 2. The summed E-state index contributed by atoms with van der Waals surface area (Å²) in [6.45, 7) is 2.01. The first-order chi connectivity index (χ1) is 9.47. The van der Waals surface area contributed by atoms with Crippen molar-refractivity contribution in [3.63, 3.8) is 0 Å². The monoisotopic (exact) mass is 311 g/mol. The lowest BCUT2D eigenvalue weighted by atomic mass is 10.1. The van der Waals surface area contributed by atoms with Gasteiger partial charge in [-0.05, 0) is 32.3 Å². The molecule has 6 heteroatoms. The molecule has 1 aromatic heterocycles. The summed E-state index contributed by atoms with van der Waals surface area (Å²) in [5, 5.41) is 0.674. The largest absolute Gasteiger partial charge is 0.464 e. The molecule has 21 heavy (non-hydrogen) atoms. The Morgan fingerprint density at radius 2 is 2.00 bits per heavy atom. The summed E-state index contributed by atoms with van der Waals surface area (Å²) >= 11 is 0. The third-order valence-electron chi connectivity index (χ3n) is 2.89. The highest BCUT2D eigenvalue weighted by Crippen LogP contribution is 2.26. The molecule has 0 radical (unpaired) electrons. The highest BCUT2D eigenvalue weighted by molar-refractivity contribution is 6.07. The number of halogens is 1. The molecule has 0 spiro atoms. The standard InChI is InChI=1S/C15H17NO4.ClH/c1-10(17)20-11-4-5-15-12(8-11)13(9-19-15)14(18)6-7-16(2)3;/h4-5,8-9H,6-7H2,1-3H3;1H. The van der Waals surface area contributed by atoms with Gasteiger partial charge in [0, 0.05) is 25.3 Å². The fraction of sp³-hybridized carbons (Fsp3) is 0.333. The van der Waals surface area contributed by atoms with Crippen molar-refractivity contribution in [3.05, 3.63) is 30.0 Å². The second-order valence-electron chi connectivity index (χ2n) is 4.88. The van der Waals surface area contributed by atoms with Crippen LogP contribution in [0.25, 0.3) is 11.0 Å². The van der Waals surface area contributed by atoms with Gasteiger partial charge in [-0.25, -0.2) is 0 Å². The summed E-state index contributed by atoms with van der Waals surface area (Å²) < 4.78 is 10.4. The van der Waals surface area contributed by atoms with Crippen LogP contribution < -0.4 is 4.74 Å². The average Bonchev–Trinajstić information content (AvgIpc) is 2.78. The molecule has 1 heterocycles. The molecule has 114 valence electrons. The molecule has 0 saturated heterocycles. The molecule has 0 fully saturated rings. The second kappa shape index (κ2) is 7.24. The average molecular weight is 312 g/mol. The summed E-state index contributed by atoms with van der Waals surface area (Å²) in [7, 11) is 3.83. The lowest BCUT2D eigenvalue weighted by Crippen LogP contribution is -2.16. The maximum absolute atomic E-state index is 12.2. The van der Waals surface area contributed by atoms with Crippen LogP contribution in [0, 0.1) is 0 Å². The van der Waals surface area contributed by atoms with Gasteiger partial charge in [0.2, 0.25) is 0 Å². The highest BCUT2D eigenvalue weighted by atomic mass is 35.5. The van der Waals surface area contributed by atoms with Gasteiger partial charge in [0.15, 0.2) is 5.78 Å². The Labute approximate surface area is 129 Å². The first-order valence-electron chi connectivity index (χ1n) is 6.35. The van der Waals surface area contributed by atoms with E-state index in [1.54, 1.807) is 18.2 Å². The van der Waals surface area contributed by atoms with Crippen LogP contribution in [0.2, 0.25) is 0 Å². The molecule has 0 aliphatic heterocycles. The van der Waals surface area contributed by atoms with Crippen molar-refractivity contribution in [2.45, 2.75) is 13.3 Å². The Balaban J connectivity index is 0.00000220. The maximum atomic E-state index is 12.2. The summed E-state index contributed by atoms with van der Waals surface area (Å²) in [6.07, 6.45) is 1.87. The van der Waals surface area contributed by atoms with E-state index in [0.29, 0.717) is 35.2 Å². The fourth-order valence-corrected chi connectivity index (χ4v) is 1.91. The van der Waals surface area contributed by atoms with Gasteiger partial charge < -0.3 is 14.1 Å². The topological polar surface area (TPSA) is 59.8 Å². The molecule has 0 aliphatic rings. The van der Waals surface area contributed by atoms with Crippen LogP contribution in [-0.4, -0.2) is 37.3 Å². The molecule has 0 saturated carbocycles. The van der Waals surface area contributed by atoms with Gasteiger partial charge in [0.25, 0.3) is 0 Å². The number of furan rings is 1. The third kappa shape index (κ3) is 4.31. The van der Waals surface area contributed by atoms with Gasteiger partial charge in [-0.2, -0.15) is 0 Å². The molecule has 5 nitrogen and oxygen atoms in total. The van der Waals surface area contributed by atoms with Crippen molar-refractivity contribution in [2.24, 2.45) is 0 Å². The van der Waals surface area contributed by atoms with E-state index in [1.165, 1.54) is 13.2 Å². The van der Waals surface area contributed by atoms with Crippen molar-refractivity contribution in [3.8, 4) is 5.75 Å². The van der Waals surface area contributed by atoms with Gasteiger partial charge in [0.05, 0.1) is 5.56 Å². The Hall–Kier alpha value is -1.85. The van der Waals surface area contributed by atoms with Crippen molar-refractivity contribution in [2.75, 3.05) is 20.6 Å². The Bertz CT molecular complexity index is 648. The van der Waals surface area contributed by atoms with Crippen LogP contribution in [0.15, 0.2) is 28.9 Å². The van der Waals surface area contributed by atoms with Crippen molar-refractivity contribution >= 4 is 35.1 Å². The molecule has 0 atom stereocenters. The molecule has 0 N–H and O–H groups in total. The normalized spacial score (nSPS) is 10.5. The Morgan fingerprint density at radius 1 is 1.29 bits per heavy atom. The summed E-state index contributed by atoms with van der Waals surface area (Å²) in [5.41, 5.74) is 1.13. The summed E-state index contributed by atoms with van der Waals surface area (Å²) in [4.78, 5) is 25.1. The first kappa shape index (κ1) is 17.2. The van der Waals surface area contributed by atoms with Crippen molar-refractivity contribution in [1.29, 1.82) is 0 Å². The first-order valence-corrected chi connectivity index (χ1v) is 6.35. The van der Waals surface area contributed by atoms with Crippen LogP contribution in [-0.2, 0) is 4.79 Å². The predicted octanol–water partition coefficient (Wildman–Crippen LogP) is 2.91. The maximum Gasteiger partial charge on any atom is 0.308 e. The van der Waals surface area contributed by atoms with E-state index in [2.05, 4.69) is 0 Å². The minimum absolute atomic E-state index is 0. The van der Waals surface area contributed by atoms with E-state index in [9.17, 15) is 9.59 Å². The predicted molar refractivity (Wildman–Crippen MR) is 82.3 cm³/mol. The van der Waals surface area contributed by atoms with Crippen molar-refractivity contribution in [1.82, 2.24) is 4.90 Å². The molecule has 0 amide bonds. The van der Waals surface area contributed by atoms with Crippen LogP contribution in [0.5, 0.6) is 5.75 Å². The van der Waals surface area contributed by atoms with E-state index in [-0.39, 0.29) is 18.2 Å². The van der Waals surface area contributed by atoms with Crippen LogP contribution in [0.4, 0.5) is 0 Å². The van der Waals surface area contributed by atoms with Gasteiger partial charge in [-0.3, -0.25) is 9.59 Å². The number of ketones is 1. The summed E-state index contributed by atoms with van der Waals surface area (Å²) in [5.74, 6) is 0.0267. The lowest BCUT2D eigenvalue weighted by Gasteiger charge is -2.07. The molecular formula is C15H18ClNO4. The Morgan fingerprint density at radius 3 is 2.62 bits per heavy atom.